The first kappa shape index (κ1) is 30.3. The Labute approximate surface area is 254 Å². The summed E-state index contributed by atoms with van der Waals surface area (Å²) in [5.74, 6) is -1.16. The molecular weight excluding hydrogens is 563 g/mol. The summed E-state index contributed by atoms with van der Waals surface area (Å²) in [4.78, 5) is 46.1. The predicted molar refractivity (Wildman–Crippen MR) is 161 cm³/mol. The molecule has 6 rings (SSSR count). The number of carbonyl (C=O) groups excluding carboxylic acids is 3. The Morgan fingerprint density at radius 2 is 1.76 bits per heavy atom. The second-order valence-corrected chi connectivity index (χ2v) is 13.0. The van der Waals surface area contributed by atoms with E-state index in [9.17, 15) is 14.4 Å². The Morgan fingerprint density at radius 1 is 1.02 bits per heavy atom. The molecule has 2 bridgehead atoms. The van der Waals surface area contributed by atoms with Crippen molar-refractivity contribution in [1.29, 1.82) is 0 Å². The van der Waals surface area contributed by atoms with Gasteiger partial charge >= 0.3 is 0 Å². The van der Waals surface area contributed by atoms with Crippen LogP contribution in [0.2, 0.25) is 5.02 Å². The van der Waals surface area contributed by atoms with Crippen molar-refractivity contribution < 1.29 is 19.1 Å². The number of likely N-dealkylation sites (tertiary alicyclic amines) is 2. The third-order valence-electron chi connectivity index (χ3n) is 10.2. The highest BCUT2D eigenvalue weighted by atomic mass is 35.5. The smallest absolute Gasteiger partial charge is 0.246 e. The van der Waals surface area contributed by atoms with Crippen LogP contribution in [0.15, 0.2) is 36.4 Å². The minimum absolute atomic E-state index is 0. The summed E-state index contributed by atoms with van der Waals surface area (Å²) >= 11 is 6.02. The van der Waals surface area contributed by atoms with Gasteiger partial charge in [0.05, 0.1) is 17.9 Å². The zero-order valence-corrected chi connectivity index (χ0v) is 25.5. The van der Waals surface area contributed by atoms with Crippen LogP contribution in [0.1, 0.15) is 52.4 Å². The first-order valence-corrected chi connectivity index (χ1v) is 15.4. The van der Waals surface area contributed by atoms with Crippen LogP contribution in [0.5, 0.6) is 0 Å². The maximum atomic E-state index is 14.2. The van der Waals surface area contributed by atoms with Gasteiger partial charge in [-0.3, -0.25) is 14.4 Å². The van der Waals surface area contributed by atoms with E-state index < -0.39 is 29.6 Å². The van der Waals surface area contributed by atoms with Gasteiger partial charge in [-0.05, 0) is 68.5 Å². The molecule has 4 heterocycles. The van der Waals surface area contributed by atoms with E-state index in [1.165, 1.54) is 12.8 Å². The fraction of sp³-hybridized carbons (Fsp3) is 0.645. The number of nitrogens with zero attached hydrogens (tertiary/aromatic N) is 2. The maximum Gasteiger partial charge on any atom is 0.246 e. The Kier molecular flexibility index (Phi) is 9.05. The van der Waals surface area contributed by atoms with Crippen molar-refractivity contribution in [2.45, 2.75) is 76.2 Å². The molecule has 10 heteroatoms. The second-order valence-electron chi connectivity index (χ2n) is 12.5. The topological polar surface area (TPSA) is 91.0 Å². The number of rotatable bonds is 7. The lowest BCUT2D eigenvalue weighted by atomic mass is 9.73. The first-order valence-electron chi connectivity index (χ1n) is 15.1. The number of carbonyl (C=O) groups is 3. The molecule has 0 radical (unpaired) electrons. The van der Waals surface area contributed by atoms with E-state index in [2.05, 4.69) is 29.4 Å². The largest absolute Gasteiger partial charge is 0.359 e. The summed E-state index contributed by atoms with van der Waals surface area (Å²) in [6.45, 7) is 7.63. The number of halogens is 2. The Bertz CT molecular complexity index is 1170. The van der Waals surface area contributed by atoms with Crippen molar-refractivity contribution in [3.63, 3.8) is 0 Å². The quantitative estimate of drug-likeness (QED) is 0.453. The van der Waals surface area contributed by atoms with Crippen molar-refractivity contribution >= 4 is 47.4 Å². The zero-order chi connectivity index (χ0) is 28.0. The minimum Gasteiger partial charge on any atom is -0.359 e. The van der Waals surface area contributed by atoms with Gasteiger partial charge in [0.1, 0.15) is 11.6 Å². The highest BCUT2D eigenvalue weighted by molar-refractivity contribution is 6.30. The van der Waals surface area contributed by atoms with E-state index in [0.29, 0.717) is 35.6 Å². The average Bonchev–Trinajstić information content (AvgIpc) is 3.59. The number of nitrogens with one attached hydrogen (secondary N) is 2. The molecule has 1 aromatic rings. The molecule has 4 fully saturated rings. The number of benzene rings is 1. The van der Waals surface area contributed by atoms with Gasteiger partial charge in [-0.25, -0.2) is 0 Å². The molecule has 1 aliphatic carbocycles. The van der Waals surface area contributed by atoms with Crippen LogP contribution in [0.3, 0.4) is 0 Å². The molecule has 3 amide bonds. The monoisotopic (exact) mass is 604 g/mol. The third kappa shape index (κ3) is 5.53. The van der Waals surface area contributed by atoms with Crippen LogP contribution in [0.25, 0.3) is 0 Å². The van der Waals surface area contributed by atoms with E-state index in [1.807, 2.05) is 12.2 Å². The van der Waals surface area contributed by atoms with Gasteiger partial charge in [-0.15, -0.1) is 12.4 Å². The van der Waals surface area contributed by atoms with E-state index in [0.717, 1.165) is 38.8 Å². The van der Waals surface area contributed by atoms with Crippen molar-refractivity contribution in [2.75, 3.05) is 31.5 Å². The van der Waals surface area contributed by atoms with Crippen LogP contribution in [-0.4, -0.2) is 77.5 Å². The van der Waals surface area contributed by atoms with Gasteiger partial charge in [0, 0.05) is 29.8 Å². The molecule has 1 aromatic carbocycles. The number of hydrogen-bond acceptors (Lipinski definition) is 5. The lowest BCUT2D eigenvalue weighted by molar-refractivity contribution is -0.142. The van der Waals surface area contributed by atoms with E-state index in [1.54, 1.807) is 29.2 Å². The fourth-order valence-corrected chi connectivity index (χ4v) is 7.87. The van der Waals surface area contributed by atoms with Gasteiger partial charge < -0.3 is 25.2 Å². The van der Waals surface area contributed by atoms with Gasteiger partial charge in [0.15, 0.2) is 0 Å². The number of anilines is 1. The summed E-state index contributed by atoms with van der Waals surface area (Å²) in [5.41, 5.74) is -0.531. The molecular formula is C31H42Cl2N4O4. The molecule has 6 unspecified atom stereocenters. The molecule has 8 atom stereocenters. The molecule has 3 saturated heterocycles. The third-order valence-corrected chi connectivity index (χ3v) is 10.4. The van der Waals surface area contributed by atoms with Crippen molar-refractivity contribution in [1.82, 2.24) is 15.1 Å². The van der Waals surface area contributed by atoms with E-state index >= 15 is 0 Å². The number of ether oxygens (including phenoxy) is 1. The van der Waals surface area contributed by atoms with Crippen LogP contribution in [0, 0.1) is 23.7 Å². The molecule has 1 saturated carbocycles. The normalized spacial score (nSPS) is 36.1. The van der Waals surface area contributed by atoms with Crippen LogP contribution in [-0.2, 0) is 19.1 Å². The van der Waals surface area contributed by atoms with Crippen LogP contribution in [0.4, 0.5) is 5.69 Å². The summed E-state index contributed by atoms with van der Waals surface area (Å²) in [6.07, 6.45) is 9.95. The standard InChI is InChI=1S/C31H41ClN4O4.ClH/c1-19-7-6-8-23(20(19)2)34-29(38)27-31-14-13-24(40-31)25(28(37)33-22-11-9-21(32)10-12-22)26(31)30(39)36(27)18-17-35-15-4-3-5-16-35;/h9-14,19-20,23-27H,3-8,15-18H2,1-2H3,(H,33,37)(H,34,38);1H/t19?,20?,23?,24-,25?,26-,27?,31?;/m0./s1. The van der Waals surface area contributed by atoms with Gasteiger partial charge in [-0.1, -0.05) is 56.9 Å². The van der Waals surface area contributed by atoms with Crippen molar-refractivity contribution in [3.8, 4) is 0 Å². The summed E-state index contributed by atoms with van der Waals surface area (Å²) < 4.78 is 6.51. The van der Waals surface area contributed by atoms with Gasteiger partial charge in [0.2, 0.25) is 17.7 Å². The Morgan fingerprint density at radius 3 is 2.49 bits per heavy atom. The Hall–Kier alpha value is -2.13. The van der Waals surface area contributed by atoms with Crippen LogP contribution < -0.4 is 10.6 Å². The van der Waals surface area contributed by atoms with Gasteiger partial charge in [-0.2, -0.15) is 0 Å². The van der Waals surface area contributed by atoms with Gasteiger partial charge in [0.25, 0.3) is 0 Å². The molecule has 224 valence electrons. The summed E-state index contributed by atoms with van der Waals surface area (Å²) in [5, 5.41) is 6.87. The predicted octanol–water partition coefficient (Wildman–Crippen LogP) is 4.28. The number of fused-ring (bicyclic) bond motifs is 1. The summed E-state index contributed by atoms with van der Waals surface area (Å²) in [6, 6.07) is 6.18. The van der Waals surface area contributed by atoms with E-state index in [4.69, 9.17) is 16.3 Å². The first-order chi connectivity index (χ1) is 19.3. The van der Waals surface area contributed by atoms with Crippen LogP contribution >= 0.6 is 24.0 Å². The SMILES string of the molecule is CC1CCCC(NC(=O)C2N(CCN3CCCCC3)C(=O)[C@@H]3C(C(=O)Nc4ccc(Cl)cc4)[C@@H]4C=CC23O4)C1C.Cl. The molecule has 4 aliphatic heterocycles. The Balaban J connectivity index is 0.00000337. The molecule has 1 spiro atoms. The maximum absolute atomic E-state index is 14.2. The molecule has 41 heavy (non-hydrogen) atoms. The lowest BCUT2D eigenvalue weighted by Gasteiger charge is -2.38. The zero-order valence-electron chi connectivity index (χ0n) is 23.9. The average molecular weight is 606 g/mol. The second kappa shape index (κ2) is 12.2. The fourth-order valence-electron chi connectivity index (χ4n) is 7.75. The lowest BCUT2D eigenvalue weighted by Crippen LogP contribution is -2.58. The molecule has 5 aliphatic rings. The number of hydrogen-bond donors (Lipinski definition) is 2. The highest BCUT2D eigenvalue weighted by Crippen LogP contribution is 2.55. The summed E-state index contributed by atoms with van der Waals surface area (Å²) in [7, 11) is 0. The minimum atomic E-state index is -1.14. The van der Waals surface area contributed by atoms with E-state index in [-0.39, 0.29) is 36.2 Å². The number of amides is 3. The molecule has 8 nitrogen and oxygen atoms in total. The number of piperidine rings is 1. The van der Waals surface area contributed by atoms with Crippen molar-refractivity contribution in [2.24, 2.45) is 23.7 Å². The molecule has 0 aromatic heterocycles. The molecule has 2 N–H and O–H groups in total. The van der Waals surface area contributed by atoms with Crippen molar-refractivity contribution in [3.05, 3.63) is 41.4 Å². The highest BCUT2D eigenvalue weighted by Gasteiger charge is 2.72.